The zero-order chi connectivity index (χ0) is 15.9. The summed E-state index contributed by atoms with van der Waals surface area (Å²) in [6.07, 6.45) is 0. The summed E-state index contributed by atoms with van der Waals surface area (Å²) in [5.41, 5.74) is 1.45. The van der Waals surface area contributed by atoms with Crippen LogP contribution in [-0.4, -0.2) is 5.11 Å². The van der Waals surface area contributed by atoms with Crippen molar-refractivity contribution in [3.8, 4) is 17.1 Å². The molecule has 0 aliphatic rings. The van der Waals surface area contributed by atoms with Crippen LogP contribution in [0.4, 0.5) is 0 Å². The maximum absolute atomic E-state index is 12.7. The van der Waals surface area contributed by atoms with Gasteiger partial charge in [-0.2, -0.15) is 0 Å². The normalized spacial score (nSPS) is 11.8. The molecule has 0 saturated carbocycles. The van der Waals surface area contributed by atoms with E-state index in [1.54, 1.807) is 18.2 Å². The van der Waals surface area contributed by atoms with Crippen molar-refractivity contribution in [1.82, 2.24) is 0 Å². The van der Waals surface area contributed by atoms with Crippen molar-refractivity contribution in [3.63, 3.8) is 0 Å². The molecule has 3 aromatic rings. The molecule has 0 spiro atoms. The Morgan fingerprint density at radius 3 is 2.27 bits per heavy atom. The van der Waals surface area contributed by atoms with Crippen molar-refractivity contribution in [2.45, 2.75) is 26.2 Å². The molecule has 2 aromatic carbocycles. The van der Waals surface area contributed by atoms with Gasteiger partial charge in [0, 0.05) is 5.56 Å². The standard InChI is InChI=1S/C19H18O3/c1-19(2,3)13-10-7-11-14-15(13)16(20)17(21)18(22-14)12-8-5-4-6-9-12/h4-11,21H,1-3H3. The van der Waals surface area contributed by atoms with Gasteiger partial charge in [0.2, 0.25) is 11.2 Å². The second-order valence-electron chi connectivity index (χ2n) is 6.40. The van der Waals surface area contributed by atoms with Gasteiger partial charge in [-0.3, -0.25) is 4.79 Å². The van der Waals surface area contributed by atoms with Crippen LogP contribution in [0, 0.1) is 0 Å². The molecule has 0 saturated heterocycles. The van der Waals surface area contributed by atoms with Crippen LogP contribution >= 0.6 is 0 Å². The lowest BCUT2D eigenvalue weighted by Gasteiger charge is -2.20. The third-order valence-electron chi connectivity index (χ3n) is 3.74. The Morgan fingerprint density at radius 1 is 0.955 bits per heavy atom. The highest BCUT2D eigenvalue weighted by Gasteiger charge is 2.22. The number of hydrogen-bond donors (Lipinski definition) is 1. The van der Waals surface area contributed by atoms with Crippen LogP contribution < -0.4 is 5.43 Å². The van der Waals surface area contributed by atoms with E-state index < -0.39 is 0 Å². The van der Waals surface area contributed by atoms with E-state index in [-0.39, 0.29) is 22.4 Å². The highest BCUT2D eigenvalue weighted by molar-refractivity contribution is 5.85. The first-order valence-electron chi connectivity index (χ1n) is 7.24. The molecule has 1 aromatic heterocycles. The zero-order valence-electron chi connectivity index (χ0n) is 12.9. The predicted molar refractivity (Wildman–Crippen MR) is 88.3 cm³/mol. The van der Waals surface area contributed by atoms with E-state index in [0.717, 1.165) is 5.56 Å². The summed E-state index contributed by atoms with van der Waals surface area (Å²) in [6.45, 7) is 6.09. The van der Waals surface area contributed by atoms with Crippen LogP contribution in [-0.2, 0) is 5.41 Å². The Hall–Kier alpha value is -2.55. The molecule has 3 nitrogen and oxygen atoms in total. The summed E-state index contributed by atoms with van der Waals surface area (Å²) >= 11 is 0. The van der Waals surface area contributed by atoms with Gasteiger partial charge >= 0.3 is 0 Å². The van der Waals surface area contributed by atoms with E-state index in [1.807, 2.05) is 51.1 Å². The number of aromatic hydroxyl groups is 1. The van der Waals surface area contributed by atoms with Crippen LogP contribution in [0.15, 0.2) is 57.7 Å². The van der Waals surface area contributed by atoms with Gasteiger partial charge in [0.25, 0.3) is 0 Å². The van der Waals surface area contributed by atoms with E-state index in [2.05, 4.69) is 0 Å². The molecule has 0 fully saturated rings. The number of rotatable bonds is 1. The summed E-state index contributed by atoms with van der Waals surface area (Å²) < 4.78 is 5.85. The van der Waals surface area contributed by atoms with Crippen LogP contribution in [0.25, 0.3) is 22.3 Å². The van der Waals surface area contributed by atoms with Gasteiger partial charge in [0.1, 0.15) is 5.58 Å². The third kappa shape index (κ3) is 2.29. The smallest absolute Gasteiger partial charge is 0.235 e. The molecule has 112 valence electrons. The lowest BCUT2D eigenvalue weighted by molar-refractivity contribution is 0.448. The second-order valence-corrected chi connectivity index (χ2v) is 6.40. The van der Waals surface area contributed by atoms with Crippen LogP contribution in [0.2, 0.25) is 0 Å². The van der Waals surface area contributed by atoms with Gasteiger partial charge in [0.05, 0.1) is 5.39 Å². The molecule has 22 heavy (non-hydrogen) atoms. The topological polar surface area (TPSA) is 50.4 Å². The average Bonchev–Trinajstić information content (AvgIpc) is 2.50. The Balaban J connectivity index is 2.39. The molecule has 3 rings (SSSR count). The van der Waals surface area contributed by atoms with Crippen LogP contribution in [0.3, 0.4) is 0 Å². The quantitative estimate of drug-likeness (QED) is 0.720. The van der Waals surface area contributed by atoms with Crippen LogP contribution in [0.5, 0.6) is 5.75 Å². The van der Waals surface area contributed by atoms with E-state index >= 15 is 0 Å². The summed E-state index contributed by atoms with van der Waals surface area (Å²) in [5, 5.41) is 10.8. The lowest BCUT2D eigenvalue weighted by atomic mass is 9.84. The number of hydrogen-bond acceptors (Lipinski definition) is 3. The van der Waals surface area contributed by atoms with Gasteiger partial charge in [-0.25, -0.2) is 0 Å². The SMILES string of the molecule is CC(C)(C)c1cccc2oc(-c3ccccc3)c(O)c(=O)c12. The minimum Gasteiger partial charge on any atom is -0.502 e. The molecule has 0 atom stereocenters. The molecule has 0 bridgehead atoms. The highest BCUT2D eigenvalue weighted by Crippen LogP contribution is 2.34. The fraction of sp³-hybridized carbons (Fsp3) is 0.211. The second kappa shape index (κ2) is 5.02. The molecule has 0 aliphatic heterocycles. The first-order valence-corrected chi connectivity index (χ1v) is 7.24. The van der Waals surface area contributed by atoms with Crippen molar-refractivity contribution >= 4 is 11.0 Å². The molecular formula is C19H18O3. The fourth-order valence-electron chi connectivity index (χ4n) is 2.64. The van der Waals surface area contributed by atoms with Crippen molar-refractivity contribution < 1.29 is 9.52 Å². The molecule has 0 unspecified atom stereocenters. The highest BCUT2D eigenvalue weighted by atomic mass is 16.4. The molecule has 1 N–H and O–H groups in total. The monoisotopic (exact) mass is 294 g/mol. The largest absolute Gasteiger partial charge is 0.502 e. The Kier molecular flexibility index (Phi) is 3.28. The van der Waals surface area contributed by atoms with E-state index in [1.165, 1.54) is 0 Å². The summed E-state index contributed by atoms with van der Waals surface area (Å²) in [4.78, 5) is 12.7. The Morgan fingerprint density at radius 2 is 1.64 bits per heavy atom. The fourth-order valence-corrected chi connectivity index (χ4v) is 2.64. The van der Waals surface area contributed by atoms with Crippen molar-refractivity contribution in [2.24, 2.45) is 0 Å². The Labute approximate surface area is 128 Å². The molecule has 0 radical (unpaired) electrons. The molecular weight excluding hydrogens is 276 g/mol. The first kappa shape index (κ1) is 14.4. The molecule has 3 heteroatoms. The van der Waals surface area contributed by atoms with Crippen molar-refractivity contribution in [2.75, 3.05) is 0 Å². The molecule has 0 aliphatic carbocycles. The minimum absolute atomic E-state index is 0.212. The van der Waals surface area contributed by atoms with E-state index in [9.17, 15) is 9.90 Å². The summed E-state index contributed by atoms with van der Waals surface area (Å²) in [7, 11) is 0. The predicted octanol–water partition coefficient (Wildman–Crippen LogP) is 4.46. The van der Waals surface area contributed by atoms with Gasteiger partial charge in [-0.15, -0.1) is 0 Å². The Bertz CT molecular complexity index is 884. The molecule has 1 heterocycles. The van der Waals surface area contributed by atoms with Gasteiger partial charge < -0.3 is 9.52 Å². The number of fused-ring (bicyclic) bond motifs is 1. The van der Waals surface area contributed by atoms with Crippen LogP contribution in [0.1, 0.15) is 26.3 Å². The average molecular weight is 294 g/mol. The minimum atomic E-state index is -0.384. The van der Waals surface area contributed by atoms with Crippen molar-refractivity contribution in [3.05, 3.63) is 64.3 Å². The summed E-state index contributed by atoms with van der Waals surface area (Å²) in [5.74, 6) is -0.125. The number of benzene rings is 2. The van der Waals surface area contributed by atoms with Gasteiger partial charge in [-0.05, 0) is 17.0 Å². The maximum Gasteiger partial charge on any atom is 0.235 e. The first-order chi connectivity index (χ1) is 10.4. The van der Waals surface area contributed by atoms with Gasteiger partial charge in [-0.1, -0.05) is 63.2 Å². The third-order valence-corrected chi connectivity index (χ3v) is 3.74. The maximum atomic E-state index is 12.7. The summed E-state index contributed by atoms with van der Waals surface area (Å²) in [6, 6.07) is 14.7. The van der Waals surface area contributed by atoms with Crippen molar-refractivity contribution in [1.29, 1.82) is 0 Å². The van der Waals surface area contributed by atoms with E-state index in [4.69, 9.17) is 4.42 Å². The van der Waals surface area contributed by atoms with Gasteiger partial charge in [0.15, 0.2) is 5.76 Å². The van der Waals surface area contributed by atoms with E-state index in [0.29, 0.717) is 16.5 Å². The zero-order valence-corrected chi connectivity index (χ0v) is 12.9. The lowest BCUT2D eigenvalue weighted by Crippen LogP contribution is -2.16. The molecule has 0 amide bonds.